The van der Waals surface area contributed by atoms with Gasteiger partial charge in [0, 0.05) is 46.7 Å². The Morgan fingerprint density at radius 2 is 1.90 bits per heavy atom. The molecule has 0 unspecified atom stereocenters. The molecule has 6 rings (SSSR count). The minimum atomic E-state index is 0.732. The van der Waals surface area contributed by atoms with Crippen LogP contribution in [0.2, 0.25) is 0 Å². The van der Waals surface area contributed by atoms with Crippen LogP contribution < -0.4 is 5.32 Å². The van der Waals surface area contributed by atoms with Gasteiger partial charge in [0.15, 0.2) is 0 Å². The van der Waals surface area contributed by atoms with E-state index >= 15 is 0 Å². The van der Waals surface area contributed by atoms with E-state index in [-0.39, 0.29) is 0 Å². The smallest absolute Gasteiger partial charge is 0.116 e. The van der Waals surface area contributed by atoms with Crippen molar-refractivity contribution in [2.24, 2.45) is 0 Å². The van der Waals surface area contributed by atoms with Crippen LogP contribution in [0.15, 0.2) is 111 Å². The van der Waals surface area contributed by atoms with Gasteiger partial charge in [0.25, 0.3) is 0 Å². The van der Waals surface area contributed by atoms with Crippen molar-refractivity contribution in [3.63, 3.8) is 0 Å². The van der Waals surface area contributed by atoms with Gasteiger partial charge in [-0.3, -0.25) is 15.1 Å². The van der Waals surface area contributed by atoms with Crippen LogP contribution in [0.3, 0.4) is 0 Å². The highest BCUT2D eigenvalue weighted by atomic mass is 15.1. The number of allylic oxidation sites excluding steroid dienone is 3. The first-order chi connectivity index (χ1) is 20.0. The molecule has 0 radical (unpaired) electrons. The molecule has 0 spiro atoms. The standard InChI is InChI=1S/C33H30N8/c1-5-9-32(41-19-22(3)36-20-41)27-14-30(38-23(27)4)33-28-15-29(35-18-31(28)39-40-33)25-13-26(17-34-16-25)37-21(2)12-24-10-7-6-8-11-24/h5-11,13-20,37-38H,1-2,12H2,3-4H3,(H,39,40)/b32-9+. The molecule has 6 aromatic rings. The van der Waals surface area contributed by atoms with Crippen LogP contribution in [0.25, 0.3) is 39.2 Å². The summed E-state index contributed by atoms with van der Waals surface area (Å²) in [5.41, 5.74) is 11.2. The summed E-state index contributed by atoms with van der Waals surface area (Å²) in [6, 6.07) is 16.4. The number of pyridine rings is 2. The fourth-order valence-corrected chi connectivity index (χ4v) is 4.95. The van der Waals surface area contributed by atoms with Crippen LogP contribution >= 0.6 is 0 Å². The first kappa shape index (κ1) is 25.8. The zero-order valence-electron chi connectivity index (χ0n) is 23.0. The molecule has 8 nitrogen and oxygen atoms in total. The Kier molecular flexibility index (Phi) is 6.87. The van der Waals surface area contributed by atoms with Crippen molar-refractivity contribution in [3.8, 4) is 22.6 Å². The zero-order chi connectivity index (χ0) is 28.3. The second-order valence-electron chi connectivity index (χ2n) is 9.97. The Morgan fingerprint density at radius 3 is 2.68 bits per heavy atom. The van der Waals surface area contributed by atoms with E-state index in [0.29, 0.717) is 0 Å². The highest BCUT2D eigenvalue weighted by molar-refractivity contribution is 5.94. The van der Waals surface area contributed by atoms with Gasteiger partial charge in [0.1, 0.15) is 5.69 Å². The molecule has 0 saturated carbocycles. The second-order valence-corrected chi connectivity index (χ2v) is 9.97. The van der Waals surface area contributed by atoms with Gasteiger partial charge in [-0.05, 0) is 43.7 Å². The summed E-state index contributed by atoms with van der Waals surface area (Å²) in [5.74, 6) is 0. The van der Waals surface area contributed by atoms with E-state index < -0.39 is 0 Å². The number of nitrogens with zero attached hydrogens (tertiary/aromatic N) is 5. The molecule has 0 atom stereocenters. The fourth-order valence-electron chi connectivity index (χ4n) is 4.95. The Balaban J connectivity index is 1.30. The van der Waals surface area contributed by atoms with Gasteiger partial charge < -0.3 is 14.9 Å². The molecule has 0 aliphatic carbocycles. The Hall–Kier alpha value is -5.50. The van der Waals surface area contributed by atoms with Crippen molar-refractivity contribution in [1.29, 1.82) is 0 Å². The highest BCUT2D eigenvalue weighted by Gasteiger charge is 2.17. The van der Waals surface area contributed by atoms with Crippen molar-refractivity contribution >= 4 is 22.3 Å². The predicted molar refractivity (Wildman–Crippen MR) is 165 cm³/mol. The Bertz CT molecular complexity index is 1900. The number of hydrogen-bond acceptors (Lipinski definition) is 5. The number of anilines is 1. The number of imidazole rings is 1. The van der Waals surface area contributed by atoms with Gasteiger partial charge in [-0.1, -0.05) is 49.6 Å². The van der Waals surface area contributed by atoms with Crippen LogP contribution in [0.4, 0.5) is 5.69 Å². The molecule has 5 heterocycles. The number of H-pyrrole nitrogens is 2. The largest absolute Gasteiger partial charge is 0.358 e. The normalized spacial score (nSPS) is 11.6. The molecule has 1 aromatic carbocycles. The van der Waals surface area contributed by atoms with E-state index in [0.717, 1.165) is 74.0 Å². The monoisotopic (exact) mass is 538 g/mol. The van der Waals surface area contributed by atoms with Gasteiger partial charge >= 0.3 is 0 Å². The lowest BCUT2D eigenvalue weighted by Gasteiger charge is -2.11. The molecule has 5 aromatic heterocycles. The van der Waals surface area contributed by atoms with E-state index in [4.69, 9.17) is 0 Å². The van der Waals surface area contributed by atoms with Crippen molar-refractivity contribution in [2.45, 2.75) is 20.3 Å². The Morgan fingerprint density at radius 1 is 1.05 bits per heavy atom. The quantitative estimate of drug-likeness (QED) is 0.171. The maximum Gasteiger partial charge on any atom is 0.116 e. The average Bonchev–Trinajstić information content (AvgIpc) is 3.70. The van der Waals surface area contributed by atoms with Crippen LogP contribution in [0, 0.1) is 13.8 Å². The van der Waals surface area contributed by atoms with Gasteiger partial charge in [0.2, 0.25) is 0 Å². The summed E-state index contributed by atoms with van der Waals surface area (Å²) in [6.45, 7) is 12.1. The summed E-state index contributed by atoms with van der Waals surface area (Å²) < 4.78 is 2.00. The number of fused-ring (bicyclic) bond motifs is 1. The minimum Gasteiger partial charge on any atom is -0.358 e. The van der Waals surface area contributed by atoms with Gasteiger partial charge in [-0.2, -0.15) is 5.10 Å². The molecule has 0 aliphatic rings. The third kappa shape index (κ3) is 5.35. The number of nitrogens with one attached hydrogen (secondary N) is 3. The molecule has 0 aliphatic heterocycles. The Labute approximate surface area is 238 Å². The summed E-state index contributed by atoms with van der Waals surface area (Å²) in [7, 11) is 0. The molecular formula is C33H30N8. The van der Waals surface area contributed by atoms with Crippen molar-refractivity contribution < 1.29 is 0 Å². The summed E-state index contributed by atoms with van der Waals surface area (Å²) in [4.78, 5) is 17.1. The number of benzene rings is 1. The van der Waals surface area contributed by atoms with Gasteiger partial charge in [-0.15, -0.1) is 0 Å². The van der Waals surface area contributed by atoms with Crippen LogP contribution in [0.1, 0.15) is 22.5 Å². The third-order valence-corrected chi connectivity index (χ3v) is 6.87. The lowest BCUT2D eigenvalue weighted by molar-refractivity contribution is 1.08. The minimum absolute atomic E-state index is 0.732. The molecule has 0 bridgehead atoms. The fraction of sp³-hybridized carbons (Fsp3) is 0.0909. The van der Waals surface area contributed by atoms with Gasteiger partial charge in [0.05, 0.1) is 52.7 Å². The molecular weight excluding hydrogens is 508 g/mol. The van der Waals surface area contributed by atoms with E-state index in [2.05, 4.69) is 73.7 Å². The number of aromatic nitrogens is 7. The number of aryl methyl sites for hydroxylation is 2. The lowest BCUT2D eigenvalue weighted by Crippen LogP contribution is -2.02. The van der Waals surface area contributed by atoms with Crippen LogP contribution in [-0.2, 0) is 6.42 Å². The van der Waals surface area contributed by atoms with E-state index in [1.807, 2.05) is 72.8 Å². The molecule has 0 saturated heterocycles. The second kappa shape index (κ2) is 10.9. The molecule has 3 N–H and O–H groups in total. The van der Waals surface area contributed by atoms with Gasteiger partial charge in [-0.25, -0.2) is 4.98 Å². The third-order valence-electron chi connectivity index (χ3n) is 6.87. The van der Waals surface area contributed by atoms with Crippen molar-refractivity contribution in [3.05, 3.63) is 133 Å². The summed E-state index contributed by atoms with van der Waals surface area (Å²) >= 11 is 0. The average molecular weight is 539 g/mol. The van der Waals surface area contributed by atoms with E-state index in [1.165, 1.54) is 5.56 Å². The van der Waals surface area contributed by atoms with Crippen molar-refractivity contribution in [2.75, 3.05) is 5.32 Å². The maximum absolute atomic E-state index is 4.69. The lowest BCUT2D eigenvalue weighted by atomic mass is 10.1. The number of hydrogen-bond donors (Lipinski definition) is 3. The topological polar surface area (TPSA) is 100 Å². The predicted octanol–water partition coefficient (Wildman–Crippen LogP) is 7.07. The summed E-state index contributed by atoms with van der Waals surface area (Å²) in [6.07, 6.45) is 13.7. The van der Waals surface area contributed by atoms with Crippen molar-refractivity contribution in [1.82, 2.24) is 34.7 Å². The zero-order valence-corrected chi connectivity index (χ0v) is 23.0. The van der Waals surface area contributed by atoms with E-state index in [1.54, 1.807) is 12.3 Å². The van der Waals surface area contributed by atoms with Crippen LogP contribution in [0.5, 0.6) is 0 Å². The molecule has 8 heteroatoms. The maximum atomic E-state index is 4.69. The first-order valence-corrected chi connectivity index (χ1v) is 13.3. The molecule has 202 valence electrons. The molecule has 0 amide bonds. The van der Waals surface area contributed by atoms with Crippen LogP contribution in [-0.4, -0.2) is 34.7 Å². The number of rotatable bonds is 9. The highest BCUT2D eigenvalue weighted by Crippen LogP contribution is 2.32. The van der Waals surface area contributed by atoms with E-state index in [9.17, 15) is 0 Å². The molecule has 41 heavy (non-hydrogen) atoms. The summed E-state index contributed by atoms with van der Waals surface area (Å²) in [5, 5.41) is 12.1. The number of aromatic amines is 2. The SMILES string of the molecule is C=C/C=C(\c1cc(-c2n[nH]c3cnc(-c4cncc(NC(=C)Cc5ccccc5)c4)cc23)[nH]c1C)n1cnc(C)c1. The molecule has 0 fully saturated rings. The first-order valence-electron chi connectivity index (χ1n) is 13.3.